The predicted molar refractivity (Wildman–Crippen MR) is 93.3 cm³/mol. The highest BCUT2D eigenvalue weighted by Crippen LogP contribution is 2.21. The summed E-state index contributed by atoms with van der Waals surface area (Å²) in [6, 6.07) is 5.38. The Kier molecular flexibility index (Phi) is 8.46. The number of thiocarbonyl (C=S) groups is 1. The van der Waals surface area contributed by atoms with E-state index in [1.165, 1.54) is 0 Å². The van der Waals surface area contributed by atoms with Crippen LogP contribution in [0.5, 0.6) is 5.75 Å². The summed E-state index contributed by atoms with van der Waals surface area (Å²) in [5.41, 5.74) is 3.39. The molecule has 0 saturated heterocycles. The molecule has 6 nitrogen and oxygen atoms in total. The molecule has 22 heavy (non-hydrogen) atoms. The lowest BCUT2D eigenvalue weighted by atomic mass is 10.2. The van der Waals surface area contributed by atoms with Gasteiger partial charge >= 0.3 is 5.97 Å². The summed E-state index contributed by atoms with van der Waals surface area (Å²) >= 11 is 8.38. The molecule has 0 radical (unpaired) electrons. The largest absolute Gasteiger partial charge is 0.481 e. The van der Waals surface area contributed by atoms with Gasteiger partial charge in [-0.25, -0.2) is 4.79 Å². The Morgan fingerprint density at radius 2 is 2.23 bits per heavy atom. The van der Waals surface area contributed by atoms with E-state index in [1.54, 1.807) is 19.2 Å². The van der Waals surface area contributed by atoms with Crippen LogP contribution in [0.1, 0.15) is 19.4 Å². The average molecular weight is 388 g/mol. The van der Waals surface area contributed by atoms with E-state index in [-0.39, 0.29) is 6.61 Å². The van der Waals surface area contributed by atoms with E-state index in [9.17, 15) is 4.79 Å². The van der Waals surface area contributed by atoms with Gasteiger partial charge in [0.1, 0.15) is 5.75 Å². The highest BCUT2D eigenvalue weighted by molar-refractivity contribution is 9.10. The van der Waals surface area contributed by atoms with Gasteiger partial charge in [-0.15, -0.1) is 0 Å². The van der Waals surface area contributed by atoms with Crippen LogP contribution in [-0.2, 0) is 9.53 Å². The zero-order chi connectivity index (χ0) is 16.4. The fraction of sp³-hybridized carbons (Fsp3) is 0.357. The van der Waals surface area contributed by atoms with E-state index >= 15 is 0 Å². The van der Waals surface area contributed by atoms with Gasteiger partial charge in [0.2, 0.25) is 0 Å². The molecule has 0 heterocycles. The van der Waals surface area contributed by atoms with Gasteiger partial charge in [0, 0.05) is 16.6 Å². The molecule has 0 fully saturated rings. The van der Waals surface area contributed by atoms with E-state index in [0.717, 1.165) is 4.47 Å². The lowest BCUT2D eigenvalue weighted by molar-refractivity contribution is -0.145. The summed E-state index contributed by atoms with van der Waals surface area (Å²) in [5, 5.41) is 7.38. The fourth-order valence-corrected chi connectivity index (χ4v) is 2.03. The molecule has 0 amide bonds. The fourth-order valence-electron chi connectivity index (χ4n) is 1.45. The Labute approximate surface area is 143 Å². The number of carbonyl (C=O) groups excluding carboxylic acids is 1. The Bertz CT molecular complexity index is 552. The second-order valence-corrected chi connectivity index (χ2v) is 5.33. The summed E-state index contributed by atoms with van der Waals surface area (Å²) in [4.78, 5) is 11.3. The van der Waals surface area contributed by atoms with E-state index < -0.39 is 5.97 Å². The molecule has 0 atom stereocenters. The summed E-state index contributed by atoms with van der Waals surface area (Å²) in [6.45, 7) is 4.57. The molecule has 0 bridgehead atoms. The third-order valence-electron chi connectivity index (χ3n) is 2.33. The smallest absolute Gasteiger partial charge is 0.344 e. The van der Waals surface area contributed by atoms with Crippen LogP contribution in [0.2, 0.25) is 0 Å². The minimum absolute atomic E-state index is 0.153. The van der Waals surface area contributed by atoms with Crippen molar-refractivity contribution in [3.05, 3.63) is 28.2 Å². The van der Waals surface area contributed by atoms with Crippen molar-refractivity contribution in [1.82, 2.24) is 10.7 Å². The third-order valence-corrected chi connectivity index (χ3v) is 3.06. The number of hydrogen-bond donors (Lipinski definition) is 2. The monoisotopic (exact) mass is 387 g/mol. The van der Waals surface area contributed by atoms with Gasteiger partial charge in [-0.05, 0) is 44.3 Å². The van der Waals surface area contributed by atoms with Gasteiger partial charge < -0.3 is 14.8 Å². The van der Waals surface area contributed by atoms with Crippen LogP contribution in [-0.4, -0.2) is 37.1 Å². The molecule has 0 unspecified atom stereocenters. The zero-order valence-electron chi connectivity index (χ0n) is 12.4. The number of nitrogens with zero attached hydrogens (tertiary/aromatic N) is 1. The number of benzene rings is 1. The normalized spacial score (nSPS) is 10.3. The SMILES string of the molecule is CCNC(=S)N/N=C\c1cc(Br)ccc1OCC(=O)OCC. The van der Waals surface area contributed by atoms with Crippen molar-refractivity contribution in [2.24, 2.45) is 5.10 Å². The van der Waals surface area contributed by atoms with E-state index in [2.05, 4.69) is 31.8 Å². The van der Waals surface area contributed by atoms with E-state index in [1.807, 2.05) is 19.1 Å². The minimum Gasteiger partial charge on any atom is -0.481 e. The predicted octanol–water partition coefficient (Wildman–Crippen LogP) is 2.21. The Morgan fingerprint density at radius 3 is 2.91 bits per heavy atom. The highest BCUT2D eigenvalue weighted by atomic mass is 79.9. The summed E-state index contributed by atoms with van der Waals surface area (Å²) < 4.78 is 11.1. The summed E-state index contributed by atoms with van der Waals surface area (Å²) in [6.07, 6.45) is 1.56. The topological polar surface area (TPSA) is 72.0 Å². The number of hydrazone groups is 1. The molecule has 0 aliphatic carbocycles. The van der Waals surface area contributed by atoms with Crippen LogP contribution in [0.3, 0.4) is 0 Å². The maximum atomic E-state index is 11.3. The number of hydrogen-bond acceptors (Lipinski definition) is 5. The molecule has 0 spiro atoms. The molecule has 120 valence electrons. The first-order chi connectivity index (χ1) is 10.6. The number of rotatable bonds is 7. The molecule has 1 aromatic rings. The molecule has 0 aliphatic rings. The van der Waals surface area contributed by atoms with Crippen LogP contribution < -0.4 is 15.5 Å². The zero-order valence-corrected chi connectivity index (χ0v) is 14.8. The lowest BCUT2D eigenvalue weighted by Crippen LogP contribution is -2.31. The van der Waals surface area contributed by atoms with Gasteiger partial charge in [0.15, 0.2) is 11.7 Å². The first kappa shape index (κ1) is 18.4. The Hall–Kier alpha value is -1.67. The van der Waals surface area contributed by atoms with Crippen LogP contribution in [0.15, 0.2) is 27.8 Å². The second kappa shape index (κ2) is 10.1. The van der Waals surface area contributed by atoms with Crippen molar-refractivity contribution in [2.45, 2.75) is 13.8 Å². The molecular weight excluding hydrogens is 370 g/mol. The number of esters is 1. The molecule has 0 saturated carbocycles. The first-order valence-electron chi connectivity index (χ1n) is 6.71. The van der Waals surface area contributed by atoms with Crippen LogP contribution in [0.4, 0.5) is 0 Å². The van der Waals surface area contributed by atoms with Crippen molar-refractivity contribution in [3.8, 4) is 5.75 Å². The maximum Gasteiger partial charge on any atom is 0.344 e. The number of nitrogens with one attached hydrogen (secondary N) is 2. The van der Waals surface area contributed by atoms with Gasteiger partial charge in [-0.1, -0.05) is 15.9 Å². The van der Waals surface area contributed by atoms with Crippen LogP contribution >= 0.6 is 28.1 Å². The third kappa shape index (κ3) is 6.86. The molecule has 2 N–H and O–H groups in total. The van der Waals surface area contributed by atoms with E-state index in [4.69, 9.17) is 21.7 Å². The minimum atomic E-state index is -0.417. The number of carbonyl (C=O) groups is 1. The van der Waals surface area contributed by atoms with E-state index in [0.29, 0.717) is 29.6 Å². The van der Waals surface area contributed by atoms with Crippen molar-refractivity contribution >= 4 is 45.4 Å². The van der Waals surface area contributed by atoms with Crippen molar-refractivity contribution < 1.29 is 14.3 Å². The lowest BCUT2D eigenvalue weighted by Gasteiger charge is -2.09. The Balaban J connectivity index is 2.71. The van der Waals surface area contributed by atoms with Crippen molar-refractivity contribution in [3.63, 3.8) is 0 Å². The second-order valence-electron chi connectivity index (χ2n) is 4.01. The standard InChI is InChI=1S/C14H18BrN3O3S/c1-3-16-14(22)18-17-8-10-7-11(15)5-6-12(10)21-9-13(19)20-4-2/h5-8H,3-4,9H2,1-2H3,(H2,16,18,22)/b17-8-. The number of halogens is 1. The van der Waals surface area contributed by atoms with Crippen molar-refractivity contribution in [1.29, 1.82) is 0 Å². The first-order valence-corrected chi connectivity index (χ1v) is 7.91. The van der Waals surface area contributed by atoms with Gasteiger partial charge in [0.05, 0.1) is 12.8 Å². The Morgan fingerprint density at radius 1 is 1.45 bits per heavy atom. The molecule has 1 aromatic carbocycles. The molecule has 1 rings (SSSR count). The summed E-state index contributed by atoms with van der Waals surface area (Å²) in [7, 11) is 0. The van der Waals surface area contributed by atoms with Gasteiger partial charge in [-0.2, -0.15) is 5.10 Å². The highest BCUT2D eigenvalue weighted by Gasteiger charge is 2.07. The van der Waals surface area contributed by atoms with Gasteiger partial charge in [-0.3, -0.25) is 5.43 Å². The maximum absolute atomic E-state index is 11.3. The van der Waals surface area contributed by atoms with Crippen LogP contribution in [0, 0.1) is 0 Å². The molecule has 0 aromatic heterocycles. The summed E-state index contributed by atoms with van der Waals surface area (Å²) in [5.74, 6) is 0.107. The van der Waals surface area contributed by atoms with Gasteiger partial charge in [0.25, 0.3) is 0 Å². The quantitative estimate of drug-likeness (QED) is 0.323. The van der Waals surface area contributed by atoms with Crippen molar-refractivity contribution in [2.75, 3.05) is 19.8 Å². The molecular formula is C14H18BrN3O3S. The van der Waals surface area contributed by atoms with Crippen LogP contribution in [0.25, 0.3) is 0 Å². The number of ether oxygens (including phenoxy) is 2. The molecule has 0 aliphatic heterocycles. The average Bonchev–Trinajstić information content (AvgIpc) is 2.47. The molecule has 8 heteroatoms.